The number of aryl methyl sites for hydroxylation is 1. The summed E-state index contributed by atoms with van der Waals surface area (Å²) in [5.41, 5.74) is 1.30. The highest BCUT2D eigenvalue weighted by Crippen LogP contribution is 2.45. The molecule has 2 fully saturated rings. The maximum Gasteiger partial charge on any atom is 0.222 e. The standard InChI is InChI=1S/C18H22N4O2/c23-16(6-8-22-12-19-11-20-22)21-17-14-7-9-24-18(14)15(17)10-13-4-2-1-3-5-13/h1-5,11-12,14-15,17-18H,6-10H2,(H,21,23)/t14-,15+,17-,18-/m1/s1. The fourth-order valence-corrected chi connectivity index (χ4v) is 4.00. The molecule has 0 bridgehead atoms. The molecule has 0 spiro atoms. The molecule has 1 aliphatic heterocycles. The second-order valence-corrected chi connectivity index (χ2v) is 6.64. The number of carbonyl (C=O) groups excluding carboxylic acids is 1. The summed E-state index contributed by atoms with van der Waals surface area (Å²) in [6.07, 6.45) is 5.84. The Morgan fingerprint density at radius 3 is 3.00 bits per heavy atom. The number of carbonyl (C=O) groups is 1. The smallest absolute Gasteiger partial charge is 0.222 e. The lowest BCUT2D eigenvalue weighted by molar-refractivity contribution is -0.127. The monoisotopic (exact) mass is 326 g/mol. The number of amides is 1. The molecule has 4 atom stereocenters. The molecule has 2 heterocycles. The van der Waals surface area contributed by atoms with Crippen LogP contribution in [0.25, 0.3) is 0 Å². The summed E-state index contributed by atoms with van der Waals surface area (Å²) in [6, 6.07) is 10.7. The van der Waals surface area contributed by atoms with Crippen LogP contribution in [-0.2, 0) is 22.5 Å². The van der Waals surface area contributed by atoms with E-state index in [2.05, 4.69) is 39.7 Å². The van der Waals surface area contributed by atoms with Crippen molar-refractivity contribution in [2.24, 2.45) is 11.8 Å². The minimum absolute atomic E-state index is 0.0823. The third kappa shape index (κ3) is 3.06. The van der Waals surface area contributed by atoms with Crippen LogP contribution in [0.5, 0.6) is 0 Å². The number of nitrogens with zero attached hydrogens (tertiary/aromatic N) is 3. The molecule has 0 unspecified atom stereocenters. The molecule has 1 aromatic carbocycles. The van der Waals surface area contributed by atoms with Crippen molar-refractivity contribution in [3.05, 3.63) is 48.5 Å². The van der Waals surface area contributed by atoms with Crippen molar-refractivity contribution in [2.75, 3.05) is 6.61 Å². The zero-order chi connectivity index (χ0) is 16.4. The Labute approximate surface area is 141 Å². The molecule has 0 radical (unpaired) electrons. The summed E-state index contributed by atoms with van der Waals surface area (Å²) in [6.45, 7) is 1.37. The minimum atomic E-state index is 0.0823. The third-order valence-corrected chi connectivity index (χ3v) is 5.20. The number of hydrogen-bond acceptors (Lipinski definition) is 4. The Bertz CT molecular complexity index is 674. The molecular formula is C18H22N4O2. The molecule has 126 valence electrons. The second-order valence-electron chi connectivity index (χ2n) is 6.64. The van der Waals surface area contributed by atoms with Crippen molar-refractivity contribution in [3.63, 3.8) is 0 Å². The molecule has 6 nitrogen and oxygen atoms in total. The highest BCUT2D eigenvalue weighted by atomic mass is 16.5. The molecule has 2 aromatic rings. The van der Waals surface area contributed by atoms with Gasteiger partial charge >= 0.3 is 0 Å². The van der Waals surface area contributed by atoms with Gasteiger partial charge in [0.1, 0.15) is 12.7 Å². The van der Waals surface area contributed by atoms with Crippen molar-refractivity contribution in [1.29, 1.82) is 0 Å². The largest absolute Gasteiger partial charge is 0.377 e. The van der Waals surface area contributed by atoms with Crippen molar-refractivity contribution in [1.82, 2.24) is 20.1 Å². The Morgan fingerprint density at radius 1 is 1.33 bits per heavy atom. The summed E-state index contributed by atoms with van der Waals surface area (Å²) >= 11 is 0. The molecule has 1 aliphatic carbocycles. The summed E-state index contributed by atoms with van der Waals surface area (Å²) in [5, 5.41) is 7.27. The summed E-state index contributed by atoms with van der Waals surface area (Å²) < 4.78 is 7.58. The first-order valence-electron chi connectivity index (χ1n) is 8.58. The van der Waals surface area contributed by atoms with Crippen LogP contribution in [0.1, 0.15) is 18.4 Å². The van der Waals surface area contributed by atoms with Gasteiger partial charge in [-0.05, 0) is 18.4 Å². The van der Waals surface area contributed by atoms with Gasteiger partial charge in [0.2, 0.25) is 5.91 Å². The third-order valence-electron chi connectivity index (χ3n) is 5.20. The summed E-state index contributed by atoms with van der Waals surface area (Å²) in [4.78, 5) is 16.2. The zero-order valence-corrected chi connectivity index (χ0v) is 13.5. The SMILES string of the molecule is O=C(CCn1cncn1)N[C@@H]1[C@H]2CCO[C@H]2[C@H]1Cc1ccccc1. The Hall–Kier alpha value is -2.21. The van der Waals surface area contributed by atoms with E-state index >= 15 is 0 Å². The van der Waals surface area contributed by atoms with Gasteiger partial charge in [0.25, 0.3) is 0 Å². The fraction of sp³-hybridized carbons (Fsp3) is 0.500. The van der Waals surface area contributed by atoms with Crippen LogP contribution in [0.3, 0.4) is 0 Å². The van der Waals surface area contributed by atoms with Crippen LogP contribution in [-0.4, -0.2) is 39.4 Å². The predicted octanol–water partition coefficient (Wildman–Crippen LogP) is 1.43. The van der Waals surface area contributed by atoms with Gasteiger partial charge in [0.05, 0.1) is 12.6 Å². The van der Waals surface area contributed by atoms with Gasteiger partial charge in [-0.3, -0.25) is 9.48 Å². The lowest BCUT2D eigenvalue weighted by Gasteiger charge is -2.48. The maximum atomic E-state index is 12.3. The first-order valence-corrected chi connectivity index (χ1v) is 8.58. The topological polar surface area (TPSA) is 69.0 Å². The van der Waals surface area contributed by atoms with Crippen LogP contribution in [0.15, 0.2) is 43.0 Å². The molecule has 1 saturated carbocycles. The van der Waals surface area contributed by atoms with Crippen LogP contribution < -0.4 is 5.32 Å². The van der Waals surface area contributed by atoms with Crippen molar-refractivity contribution in [3.8, 4) is 0 Å². The van der Waals surface area contributed by atoms with Gasteiger partial charge < -0.3 is 10.1 Å². The number of fused-ring (bicyclic) bond motifs is 1. The van der Waals surface area contributed by atoms with Crippen LogP contribution in [0.2, 0.25) is 0 Å². The molecular weight excluding hydrogens is 304 g/mol. The first kappa shape index (κ1) is 15.3. The summed E-state index contributed by atoms with van der Waals surface area (Å²) in [5.74, 6) is 0.920. The molecule has 4 rings (SSSR count). The van der Waals surface area contributed by atoms with E-state index in [1.807, 2.05) is 6.07 Å². The highest BCUT2D eigenvalue weighted by Gasteiger charge is 2.53. The van der Waals surface area contributed by atoms with Gasteiger partial charge in [-0.25, -0.2) is 4.98 Å². The van der Waals surface area contributed by atoms with Gasteiger partial charge in [-0.1, -0.05) is 30.3 Å². The summed E-state index contributed by atoms with van der Waals surface area (Å²) in [7, 11) is 0. The molecule has 2 aliphatic rings. The van der Waals surface area contributed by atoms with Gasteiger partial charge in [0.15, 0.2) is 0 Å². The van der Waals surface area contributed by atoms with Gasteiger partial charge in [-0.15, -0.1) is 0 Å². The average molecular weight is 326 g/mol. The minimum Gasteiger partial charge on any atom is -0.377 e. The maximum absolute atomic E-state index is 12.3. The number of nitrogens with one attached hydrogen (secondary N) is 1. The lowest BCUT2D eigenvalue weighted by atomic mass is 9.64. The van der Waals surface area contributed by atoms with E-state index in [4.69, 9.17) is 4.74 Å². The lowest BCUT2D eigenvalue weighted by Crippen LogP contribution is -2.62. The Balaban J connectivity index is 1.36. The van der Waals surface area contributed by atoms with Crippen molar-refractivity contribution in [2.45, 2.75) is 38.0 Å². The normalized spacial score (nSPS) is 28.2. The first-order chi connectivity index (χ1) is 11.8. The number of aromatic nitrogens is 3. The van der Waals surface area contributed by atoms with E-state index in [0.717, 1.165) is 19.4 Å². The number of ether oxygens (including phenoxy) is 1. The van der Waals surface area contributed by atoms with Crippen molar-refractivity contribution < 1.29 is 9.53 Å². The van der Waals surface area contributed by atoms with Crippen molar-refractivity contribution >= 4 is 5.91 Å². The fourth-order valence-electron chi connectivity index (χ4n) is 4.00. The number of benzene rings is 1. The van der Waals surface area contributed by atoms with E-state index in [9.17, 15) is 4.79 Å². The van der Waals surface area contributed by atoms with Crippen LogP contribution >= 0.6 is 0 Å². The zero-order valence-electron chi connectivity index (χ0n) is 13.5. The van der Waals surface area contributed by atoms with Gasteiger partial charge in [0, 0.05) is 30.9 Å². The van der Waals surface area contributed by atoms with E-state index < -0.39 is 0 Å². The van der Waals surface area contributed by atoms with E-state index in [-0.39, 0.29) is 11.9 Å². The van der Waals surface area contributed by atoms with E-state index in [0.29, 0.717) is 30.9 Å². The predicted molar refractivity (Wildman–Crippen MR) is 88.1 cm³/mol. The molecule has 1 amide bonds. The van der Waals surface area contributed by atoms with E-state index in [1.165, 1.54) is 11.9 Å². The number of hydrogen-bond donors (Lipinski definition) is 1. The Morgan fingerprint density at radius 2 is 2.21 bits per heavy atom. The van der Waals surface area contributed by atoms with Crippen LogP contribution in [0, 0.1) is 11.8 Å². The molecule has 6 heteroatoms. The van der Waals surface area contributed by atoms with Gasteiger partial charge in [-0.2, -0.15) is 5.10 Å². The molecule has 1 saturated heterocycles. The highest BCUT2D eigenvalue weighted by molar-refractivity contribution is 5.76. The quantitative estimate of drug-likeness (QED) is 0.872. The average Bonchev–Trinajstić information content (AvgIpc) is 3.27. The molecule has 24 heavy (non-hydrogen) atoms. The Kier molecular flexibility index (Phi) is 4.30. The number of rotatable bonds is 6. The van der Waals surface area contributed by atoms with Crippen LogP contribution in [0.4, 0.5) is 0 Å². The van der Waals surface area contributed by atoms with E-state index in [1.54, 1.807) is 11.0 Å². The molecule has 1 aromatic heterocycles. The second kappa shape index (κ2) is 6.73. The molecule has 1 N–H and O–H groups in total.